The molecule has 0 bridgehead atoms. The number of fused-ring (bicyclic) bond motifs is 5. The number of hydrogen-bond donors (Lipinski definition) is 2. The third kappa shape index (κ3) is 1.94. The molecule has 3 unspecified atom stereocenters. The van der Waals surface area contributed by atoms with E-state index in [0.717, 1.165) is 31.1 Å². The molecule has 0 spiro atoms. The van der Waals surface area contributed by atoms with E-state index in [4.69, 9.17) is 0 Å². The largest absolute Gasteiger partial charge is 0.393 e. The summed E-state index contributed by atoms with van der Waals surface area (Å²) >= 11 is 0. The van der Waals surface area contributed by atoms with Crippen LogP contribution >= 0.6 is 0 Å². The molecule has 130 valence electrons. The number of hydrogen-bond acceptors (Lipinski definition) is 2. The highest BCUT2D eigenvalue weighted by atomic mass is 16.3. The molecule has 3 fully saturated rings. The Morgan fingerprint density at radius 2 is 1.78 bits per heavy atom. The number of rotatable bonds is 0. The van der Waals surface area contributed by atoms with E-state index in [2.05, 4.69) is 33.8 Å². The van der Waals surface area contributed by atoms with Gasteiger partial charge in [0.15, 0.2) is 0 Å². The third-order valence-corrected chi connectivity index (χ3v) is 9.20. The van der Waals surface area contributed by atoms with E-state index in [-0.39, 0.29) is 16.9 Å². The fraction of sp³-hybridized carbons (Fsp3) is 0.905. The number of allylic oxidation sites excluding steroid dienone is 1. The molecule has 0 saturated heterocycles. The summed E-state index contributed by atoms with van der Waals surface area (Å²) in [4.78, 5) is 0. The van der Waals surface area contributed by atoms with Crippen molar-refractivity contribution < 1.29 is 10.2 Å². The highest BCUT2D eigenvalue weighted by Gasteiger charge is 2.62. The molecule has 0 aliphatic heterocycles. The molecule has 0 radical (unpaired) electrons. The molecule has 0 heterocycles. The van der Waals surface area contributed by atoms with E-state index in [9.17, 15) is 10.2 Å². The maximum Gasteiger partial charge on any atom is 0.0675 e. The second-order valence-corrected chi connectivity index (χ2v) is 9.89. The monoisotopic (exact) mass is 318 g/mol. The van der Waals surface area contributed by atoms with Gasteiger partial charge in [0, 0.05) is 0 Å². The Morgan fingerprint density at radius 3 is 2.52 bits per heavy atom. The van der Waals surface area contributed by atoms with E-state index in [0.29, 0.717) is 11.8 Å². The molecule has 2 nitrogen and oxygen atoms in total. The van der Waals surface area contributed by atoms with Crippen LogP contribution in [0.3, 0.4) is 0 Å². The first-order valence-electron chi connectivity index (χ1n) is 9.80. The van der Waals surface area contributed by atoms with Gasteiger partial charge in [0.1, 0.15) is 0 Å². The van der Waals surface area contributed by atoms with E-state index in [1.165, 1.54) is 25.7 Å². The lowest BCUT2D eigenvalue weighted by atomic mass is 9.45. The van der Waals surface area contributed by atoms with Gasteiger partial charge in [-0.25, -0.2) is 0 Å². The van der Waals surface area contributed by atoms with Gasteiger partial charge in [0.2, 0.25) is 0 Å². The molecule has 8 atom stereocenters. The Morgan fingerprint density at radius 1 is 1.09 bits per heavy atom. The summed E-state index contributed by atoms with van der Waals surface area (Å²) in [6.45, 7) is 9.29. The molecule has 4 aliphatic rings. The van der Waals surface area contributed by atoms with Gasteiger partial charge in [-0.3, -0.25) is 0 Å². The zero-order chi connectivity index (χ0) is 16.6. The molecule has 3 saturated carbocycles. The quantitative estimate of drug-likeness (QED) is 0.654. The van der Waals surface area contributed by atoms with Crippen molar-refractivity contribution in [3.05, 3.63) is 11.6 Å². The van der Waals surface area contributed by atoms with Crippen molar-refractivity contribution >= 4 is 0 Å². The lowest BCUT2D eigenvalue weighted by Gasteiger charge is -2.60. The minimum Gasteiger partial charge on any atom is -0.393 e. The van der Waals surface area contributed by atoms with Crippen LogP contribution in [0.5, 0.6) is 0 Å². The Hall–Kier alpha value is -0.340. The molecule has 2 N–H and O–H groups in total. The summed E-state index contributed by atoms with van der Waals surface area (Å²) in [5.74, 6) is 2.72. The van der Waals surface area contributed by atoms with Crippen LogP contribution in [0.2, 0.25) is 0 Å². The van der Waals surface area contributed by atoms with Crippen molar-refractivity contribution in [3.63, 3.8) is 0 Å². The van der Waals surface area contributed by atoms with E-state index in [1.54, 1.807) is 5.57 Å². The van der Waals surface area contributed by atoms with Gasteiger partial charge >= 0.3 is 0 Å². The van der Waals surface area contributed by atoms with E-state index >= 15 is 0 Å². The Balaban J connectivity index is 1.72. The first kappa shape index (κ1) is 16.1. The van der Waals surface area contributed by atoms with Gasteiger partial charge in [-0.1, -0.05) is 32.4 Å². The molecule has 0 aromatic heterocycles. The topological polar surface area (TPSA) is 40.5 Å². The zero-order valence-corrected chi connectivity index (χ0v) is 15.3. The SMILES string of the molecule is CC1CC(O)CC2=CC[C@@H]3[C@@H](CC[C@@]4(C)[C@H]3CCC4(C)O)[C@]21C. The number of aliphatic hydroxyl groups is 2. The molecule has 23 heavy (non-hydrogen) atoms. The fourth-order valence-electron chi connectivity index (χ4n) is 7.32. The van der Waals surface area contributed by atoms with Gasteiger partial charge in [-0.05, 0) is 86.4 Å². The second kappa shape index (κ2) is 4.85. The first-order valence-corrected chi connectivity index (χ1v) is 9.80. The summed E-state index contributed by atoms with van der Waals surface area (Å²) in [6, 6.07) is 0. The van der Waals surface area contributed by atoms with Crippen LogP contribution in [0.15, 0.2) is 11.6 Å². The normalized spacial score (nSPS) is 58.9. The Bertz CT molecular complexity index is 536. The fourth-order valence-corrected chi connectivity index (χ4v) is 7.32. The van der Waals surface area contributed by atoms with Crippen molar-refractivity contribution in [3.8, 4) is 0 Å². The van der Waals surface area contributed by atoms with Crippen LogP contribution in [0.25, 0.3) is 0 Å². The molecule has 0 aromatic carbocycles. The smallest absolute Gasteiger partial charge is 0.0675 e. The Kier molecular flexibility index (Phi) is 3.40. The highest BCUT2D eigenvalue weighted by molar-refractivity contribution is 5.27. The van der Waals surface area contributed by atoms with Crippen LogP contribution in [0, 0.1) is 34.5 Å². The Labute approximate surface area is 141 Å². The molecule has 4 rings (SSSR count). The van der Waals surface area contributed by atoms with Gasteiger partial charge in [0.25, 0.3) is 0 Å². The van der Waals surface area contributed by atoms with Crippen molar-refractivity contribution in [1.82, 2.24) is 0 Å². The first-order chi connectivity index (χ1) is 10.7. The van der Waals surface area contributed by atoms with Crippen LogP contribution in [0.1, 0.15) is 72.6 Å². The van der Waals surface area contributed by atoms with Gasteiger partial charge in [0.05, 0.1) is 11.7 Å². The minimum absolute atomic E-state index is 0.104. The molecule has 0 aromatic rings. The molecule has 0 amide bonds. The zero-order valence-electron chi connectivity index (χ0n) is 15.3. The second-order valence-electron chi connectivity index (χ2n) is 9.89. The highest BCUT2D eigenvalue weighted by Crippen LogP contribution is 2.67. The lowest BCUT2D eigenvalue weighted by molar-refractivity contribution is -0.122. The molecule has 4 aliphatic carbocycles. The van der Waals surface area contributed by atoms with Crippen LogP contribution in [-0.4, -0.2) is 21.9 Å². The van der Waals surface area contributed by atoms with E-state index < -0.39 is 5.60 Å². The average Bonchev–Trinajstić information content (AvgIpc) is 2.71. The molecule has 2 heteroatoms. The van der Waals surface area contributed by atoms with Crippen molar-refractivity contribution in [2.75, 3.05) is 0 Å². The predicted molar refractivity (Wildman–Crippen MR) is 92.9 cm³/mol. The minimum atomic E-state index is -0.484. The average molecular weight is 319 g/mol. The van der Waals surface area contributed by atoms with Crippen molar-refractivity contribution in [2.45, 2.75) is 84.3 Å². The summed E-state index contributed by atoms with van der Waals surface area (Å²) < 4.78 is 0. The third-order valence-electron chi connectivity index (χ3n) is 9.20. The van der Waals surface area contributed by atoms with Gasteiger partial charge in [-0.15, -0.1) is 0 Å². The van der Waals surface area contributed by atoms with Crippen molar-refractivity contribution in [1.29, 1.82) is 0 Å². The van der Waals surface area contributed by atoms with Crippen molar-refractivity contribution in [2.24, 2.45) is 34.5 Å². The number of aliphatic hydroxyl groups excluding tert-OH is 1. The lowest BCUT2D eigenvalue weighted by Crippen LogP contribution is -2.55. The maximum absolute atomic E-state index is 11.0. The molecular formula is C21H34O2. The summed E-state index contributed by atoms with van der Waals surface area (Å²) in [5.41, 5.74) is 1.44. The van der Waals surface area contributed by atoms with Gasteiger partial charge < -0.3 is 10.2 Å². The molecular weight excluding hydrogens is 284 g/mol. The van der Waals surface area contributed by atoms with Crippen LogP contribution < -0.4 is 0 Å². The summed E-state index contributed by atoms with van der Waals surface area (Å²) in [5, 5.41) is 21.2. The van der Waals surface area contributed by atoms with Crippen LogP contribution in [-0.2, 0) is 0 Å². The van der Waals surface area contributed by atoms with E-state index in [1.807, 2.05) is 0 Å². The summed E-state index contributed by atoms with van der Waals surface area (Å²) in [7, 11) is 0. The van der Waals surface area contributed by atoms with Crippen LogP contribution in [0.4, 0.5) is 0 Å². The predicted octanol–water partition coefficient (Wildman–Crippen LogP) is 4.31. The summed E-state index contributed by atoms with van der Waals surface area (Å²) in [6.07, 6.45) is 9.96. The standard InChI is InChI=1S/C21H34O2/c1-13-11-15(22)12-14-5-6-16-17-8-10-20(3,23)19(17,2)9-7-18(16)21(13,14)4/h5,13,15-18,22-23H,6-12H2,1-4H3/t13?,15?,16-,17-,18+,19-,20?,21-/m0/s1. The maximum atomic E-state index is 11.0. The van der Waals surface area contributed by atoms with Gasteiger partial charge in [-0.2, -0.15) is 0 Å².